The highest BCUT2D eigenvalue weighted by atomic mass is 127. The molecule has 0 aromatic heterocycles. The summed E-state index contributed by atoms with van der Waals surface area (Å²) in [6.45, 7) is 7.36. The maximum atomic E-state index is 4.29. The van der Waals surface area contributed by atoms with Gasteiger partial charge in [0.2, 0.25) is 0 Å². The van der Waals surface area contributed by atoms with Gasteiger partial charge in [0.1, 0.15) is 0 Å². The number of thioether (sulfide) groups is 1. The van der Waals surface area contributed by atoms with E-state index in [9.17, 15) is 0 Å². The van der Waals surface area contributed by atoms with Gasteiger partial charge in [-0.1, -0.05) is 32.0 Å². The second kappa shape index (κ2) is 12.0. The van der Waals surface area contributed by atoms with Gasteiger partial charge in [-0.3, -0.25) is 4.99 Å². The Morgan fingerprint density at radius 2 is 1.83 bits per heavy atom. The Hall–Kier alpha value is -0.470. The normalized spacial score (nSPS) is 12.0. The van der Waals surface area contributed by atoms with Crippen LogP contribution in [0.2, 0.25) is 0 Å². The highest BCUT2D eigenvalue weighted by Gasteiger charge is 2.19. The van der Waals surface area contributed by atoms with Gasteiger partial charge >= 0.3 is 0 Å². The summed E-state index contributed by atoms with van der Waals surface area (Å²) in [6.07, 6.45) is 0. The molecule has 1 rings (SSSR count). The van der Waals surface area contributed by atoms with Crippen molar-refractivity contribution in [3.8, 4) is 0 Å². The zero-order valence-electron chi connectivity index (χ0n) is 14.9. The Morgan fingerprint density at radius 3 is 2.39 bits per heavy atom. The van der Waals surface area contributed by atoms with Crippen molar-refractivity contribution in [1.29, 1.82) is 0 Å². The lowest BCUT2D eigenvalue weighted by atomic mass is 9.93. The number of nitrogens with one attached hydrogen (secondary N) is 2. The van der Waals surface area contributed by atoms with Crippen LogP contribution >= 0.6 is 35.7 Å². The van der Waals surface area contributed by atoms with E-state index in [2.05, 4.69) is 72.7 Å². The van der Waals surface area contributed by atoms with Gasteiger partial charge in [-0.15, -0.1) is 35.7 Å². The van der Waals surface area contributed by atoms with Crippen LogP contribution in [0.25, 0.3) is 0 Å². The van der Waals surface area contributed by atoms with E-state index in [4.69, 9.17) is 0 Å². The van der Waals surface area contributed by atoms with Crippen LogP contribution in [0.4, 0.5) is 0 Å². The van der Waals surface area contributed by atoms with Gasteiger partial charge in [0.15, 0.2) is 5.96 Å². The lowest BCUT2D eigenvalue weighted by molar-refractivity contribution is 0.241. The molecule has 0 bridgehead atoms. The van der Waals surface area contributed by atoms with E-state index >= 15 is 0 Å². The predicted octanol–water partition coefficient (Wildman–Crippen LogP) is 3.15. The van der Waals surface area contributed by atoms with E-state index in [0.717, 1.165) is 31.3 Å². The number of nitrogens with zero attached hydrogens (tertiary/aromatic N) is 2. The number of hydrogen-bond donors (Lipinski definition) is 2. The molecule has 0 aliphatic rings. The first kappa shape index (κ1) is 22.5. The average Bonchev–Trinajstić information content (AvgIpc) is 2.46. The third-order valence-electron chi connectivity index (χ3n) is 3.11. The quantitative estimate of drug-likeness (QED) is 0.210. The molecule has 0 heterocycles. The Balaban J connectivity index is 0.00000484. The fourth-order valence-electron chi connectivity index (χ4n) is 2.31. The minimum atomic E-state index is 0. The summed E-state index contributed by atoms with van der Waals surface area (Å²) in [7, 11) is 6.03. The number of guanidine groups is 1. The maximum Gasteiger partial charge on any atom is 0.191 e. The third kappa shape index (κ3) is 10.8. The molecule has 1 aromatic carbocycles. The van der Waals surface area contributed by atoms with Crippen LogP contribution in [0.15, 0.2) is 40.2 Å². The molecule has 0 aliphatic carbocycles. The van der Waals surface area contributed by atoms with E-state index in [0.29, 0.717) is 0 Å². The van der Waals surface area contributed by atoms with Crippen molar-refractivity contribution in [2.75, 3.05) is 46.5 Å². The molecule has 6 heteroatoms. The van der Waals surface area contributed by atoms with E-state index in [-0.39, 0.29) is 29.4 Å². The summed E-state index contributed by atoms with van der Waals surface area (Å²) >= 11 is 1.85. The predicted molar refractivity (Wildman–Crippen MR) is 114 cm³/mol. The van der Waals surface area contributed by atoms with E-state index in [1.165, 1.54) is 4.90 Å². The molecule has 0 saturated heterocycles. The third-order valence-corrected chi connectivity index (χ3v) is 4.12. The largest absolute Gasteiger partial charge is 0.356 e. The zero-order valence-corrected chi connectivity index (χ0v) is 18.1. The zero-order chi connectivity index (χ0) is 16.4. The standard InChI is InChI=1S/C17H30N4S.HI/c1-17(2,14-21(4)5)13-20-16(18-3)19-11-12-22-15-9-7-6-8-10-15;/h6-10H,11-14H2,1-5H3,(H2,18,19,20);1H. The number of hydrogen-bond acceptors (Lipinski definition) is 3. The molecule has 23 heavy (non-hydrogen) atoms. The lowest BCUT2D eigenvalue weighted by Gasteiger charge is -2.29. The minimum absolute atomic E-state index is 0. The van der Waals surface area contributed by atoms with Crippen LogP contribution in [0.1, 0.15) is 13.8 Å². The monoisotopic (exact) mass is 450 g/mol. The van der Waals surface area contributed by atoms with Crippen LogP contribution in [0.5, 0.6) is 0 Å². The first-order valence-electron chi connectivity index (χ1n) is 7.70. The summed E-state index contributed by atoms with van der Waals surface area (Å²) in [5.41, 5.74) is 0.208. The van der Waals surface area contributed by atoms with Crippen LogP contribution < -0.4 is 10.6 Å². The van der Waals surface area contributed by atoms with Crippen LogP contribution in [0.3, 0.4) is 0 Å². The maximum absolute atomic E-state index is 4.29. The molecule has 4 nitrogen and oxygen atoms in total. The SMILES string of the molecule is CN=C(NCCSc1ccccc1)NCC(C)(C)CN(C)C.I. The number of benzene rings is 1. The molecule has 1 aromatic rings. The summed E-state index contributed by atoms with van der Waals surface area (Å²) in [5.74, 6) is 1.90. The van der Waals surface area contributed by atoms with Crippen molar-refractivity contribution in [3.05, 3.63) is 30.3 Å². The van der Waals surface area contributed by atoms with Crippen LogP contribution in [0, 0.1) is 5.41 Å². The van der Waals surface area contributed by atoms with E-state index in [1.807, 2.05) is 24.9 Å². The summed E-state index contributed by atoms with van der Waals surface area (Å²) in [6, 6.07) is 10.5. The van der Waals surface area contributed by atoms with Crippen molar-refractivity contribution >= 4 is 41.7 Å². The molecular weight excluding hydrogens is 419 g/mol. The first-order valence-corrected chi connectivity index (χ1v) is 8.68. The fourth-order valence-corrected chi connectivity index (χ4v) is 3.10. The Labute approximate surface area is 162 Å². The molecule has 0 atom stereocenters. The fraction of sp³-hybridized carbons (Fsp3) is 0.588. The number of aliphatic imine (C=N–C) groups is 1. The molecule has 0 unspecified atom stereocenters. The van der Waals surface area contributed by atoms with Gasteiger partial charge in [-0.25, -0.2) is 0 Å². The van der Waals surface area contributed by atoms with Crippen molar-refractivity contribution in [2.24, 2.45) is 10.4 Å². The van der Waals surface area contributed by atoms with Gasteiger partial charge in [0.25, 0.3) is 0 Å². The van der Waals surface area contributed by atoms with Gasteiger partial charge in [0, 0.05) is 37.3 Å². The Bertz CT molecular complexity index is 449. The second-order valence-electron chi connectivity index (χ2n) is 6.42. The number of rotatable bonds is 8. The highest BCUT2D eigenvalue weighted by Crippen LogP contribution is 2.16. The lowest BCUT2D eigenvalue weighted by Crippen LogP contribution is -2.45. The van der Waals surface area contributed by atoms with Gasteiger partial charge in [-0.05, 0) is 31.6 Å². The van der Waals surface area contributed by atoms with Crippen LogP contribution in [-0.2, 0) is 0 Å². The van der Waals surface area contributed by atoms with Gasteiger partial charge in [0.05, 0.1) is 0 Å². The molecule has 0 fully saturated rings. The topological polar surface area (TPSA) is 39.7 Å². The van der Waals surface area contributed by atoms with E-state index < -0.39 is 0 Å². The first-order chi connectivity index (χ1) is 10.4. The second-order valence-corrected chi connectivity index (χ2v) is 7.58. The molecule has 0 radical (unpaired) electrons. The smallest absolute Gasteiger partial charge is 0.191 e. The molecule has 132 valence electrons. The van der Waals surface area contributed by atoms with Crippen molar-refractivity contribution in [3.63, 3.8) is 0 Å². The highest BCUT2D eigenvalue weighted by molar-refractivity contribution is 14.0. The molecule has 2 N–H and O–H groups in total. The number of halogens is 1. The summed E-state index contributed by atoms with van der Waals surface area (Å²) in [5, 5.41) is 6.79. The molecule has 0 spiro atoms. The van der Waals surface area contributed by atoms with Crippen molar-refractivity contribution < 1.29 is 0 Å². The summed E-state index contributed by atoms with van der Waals surface area (Å²) < 4.78 is 0. The van der Waals surface area contributed by atoms with E-state index in [1.54, 1.807) is 0 Å². The minimum Gasteiger partial charge on any atom is -0.356 e. The average molecular weight is 450 g/mol. The van der Waals surface area contributed by atoms with Gasteiger partial charge < -0.3 is 15.5 Å². The van der Waals surface area contributed by atoms with Crippen molar-refractivity contribution in [2.45, 2.75) is 18.7 Å². The van der Waals surface area contributed by atoms with Crippen LogP contribution in [-0.4, -0.2) is 57.4 Å². The Morgan fingerprint density at radius 1 is 1.17 bits per heavy atom. The molecule has 0 saturated carbocycles. The summed E-state index contributed by atoms with van der Waals surface area (Å²) in [4.78, 5) is 7.81. The molecular formula is C17H31IN4S. The van der Waals surface area contributed by atoms with Crippen molar-refractivity contribution in [1.82, 2.24) is 15.5 Å². The molecule has 0 amide bonds. The van der Waals surface area contributed by atoms with Gasteiger partial charge in [-0.2, -0.15) is 0 Å². The molecule has 0 aliphatic heterocycles. The Kier molecular flexibility index (Phi) is 11.7.